The number of hydrogen-bond acceptors (Lipinski definition) is 5. The van der Waals surface area contributed by atoms with E-state index in [9.17, 15) is 17.6 Å². The fourth-order valence-electron chi connectivity index (χ4n) is 3.47. The molecule has 8 nitrogen and oxygen atoms in total. The normalized spacial score (nSPS) is 17.7. The predicted octanol–water partition coefficient (Wildman–Crippen LogP) is 2.53. The lowest BCUT2D eigenvalue weighted by molar-refractivity contribution is -0.126. The van der Waals surface area contributed by atoms with Gasteiger partial charge in [0.15, 0.2) is 5.76 Å². The number of piperidine rings is 1. The number of sulfonamides is 1. The molecule has 2 N–H and O–H groups in total. The number of nitrogens with one attached hydrogen (secondary N) is 2. The van der Waals surface area contributed by atoms with Crippen LogP contribution in [0.15, 0.2) is 58.2 Å². The lowest BCUT2D eigenvalue weighted by Gasteiger charge is -2.30. The molecule has 1 saturated heterocycles. The Kier molecular flexibility index (Phi) is 5.69. The molecule has 30 heavy (non-hydrogen) atoms. The topological polar surface area (TPSA) is 108 Å². The fourth-order valence-corrected chi connectivity index (χ4v) is 4.90. The molecule has 0 aliphatic carbocycles. The highest BCUT2D eigenvalue weighted by Crippen LogP contribution is 2.28. The summed E-state index contributed by atoms with van der Waals surface area (Å²) < 4.78 is 46.5. The molecular formula is C20H21FN4O4S. The number of carbonyl (C=O) groups excluding carboxylic acids is 1. The number of furan rings is 1. The number of amides is 1. The summed E-state index contributed by atoms with van der Waals surface area (Å²) in [6, 6.07) is 10.8. The average molecular weight is 432 g/mol. The Labute approximate surface area is 173 Å². The van der Waals surface area contributed by atoms with Crippen molar-refractivity contribution in [2.24, 2.45) is 5.92 Å². The Morgan fingerprint density at radius 3 is 2.87 bits per heavy atom. The Morgan fingerprint density at radius 1 is 1.27 bits per heavy atom. The van der Waals surface area contributed by atoms with Gasteiger partial charge < -0.3 is 9.73 Å². The lowest BCUT2D eigenvalue weighted by atomic mass is 9.98. The van der Waals surface area contributed by atoms with E-state index in [1.165, 1.54) is 16.4 Å². The number of nitrogens with zero attached hydrogens (tertiary/aromatic N) is 2. The Balaban J connectivity index is 1.42. The van der Waals surface area contributed by atoms with E-state index in [1.807, 2.05) is 0 Å². The highest BCUT2D eigenvalue weighted by molar-refractivity contribution is 7.89. The predicted molar refractivity (Wildman–Crippen MR) is 106 cm³/mol. The molecule has 1 aliphatic heterocycles. The quantitative estimate of drug-likeness (QED) is 0.622. The Morgan fingerprint density at radius 2 is 2.10 bits per heavy atom. The van der Waals surface area contributed by atoms with E-state index in [2.05, 4.69) is 15.5 Å². The average Bonchev–Trinajstić information content (AvgIpc) is 3.45. The van der Waals surface area contributed by atoms with Crippen molar-refractivity contribution in [1.82, 2.24) is 19.8 Å². The van der Waals surface area contributed by atoms with Crippen molar-refractivity contribution in [3.05, 3.63) is 60.0 Å². The van der Waals surface area contributed by atoms with Crippen LogP contribution in [0.3, 0.4) is 0 Å². The number of halogens is 1. The highest BCUT2D eigenvalue weighted by atomic mass is 32.2. The molecular weight excluding hydrogens is 411 g/mol. The van der Waals surface area contributed by atoms with Crippen molar-refractivity contribution < 1.29 is 22.0 Å². The number of hydrogen-bond donors (Lipinski definition) is 2. The van der Waals surface area contributed by atoms with Crippen LogP contribution in [0.25, 0.3) is 11.5 Å². The van der Waals surface area contributed by atoms with Gasteiger partial charge in [-0.3, -0.25) is 9.89 Å². The fraction of sp³-hybridized carbons (Fsp3) is 0.300. The van der Waals surface area contributed by atoms with E-state index in [0.717, 1.165) is 0 Å². The molecule has 2 aromatic heterocycles. The third-order valence-electron chi connectivity index (χ3n) is 5.11. The largest absolute Gasteiger partial charge is 0.442 e. The summed E-state index contributed by atoms with van der Waals surface area (Å²) in [4.78, 5) is 12.6. The van der Waals surface area contributed by atoms with Crippen molar-refractivity contribution in [3.63, 3.8) is 0 Å². The molecule has 0 spiro atoms. The third kappa shape index (κ3) is 4.14. The van der Waals surface area contributed by atoms with Gasteiger partial charge >= 0.3 is 0 Å². The maximum atomic E-state index is 13.7. The molecule has 4 rings (SSSR count). The first-order valence-electron chi connectivity index (χ1n) is 9.56. The number of H-pyrrole nitrogens is 1. The van der Waals surface area contributed by atoms with Gasteiger partial charge in [0.2, 0.25) is 11.0 Å². The summed E-state index contributed by atoms with van der Waals surface area (Å²) in [6.45, 7) is 0.408. The zero-order valence-corrected chi connectivity index (χ0v) is 16.9. The summed E-state index contributed by atoms with van der Waals surface area (Å²) in [7, 11) is -3.88. The molecule has 1 aromatic carbocycles. The second-order valence-corrected chi connectivity index (χ2v) is 8.97. The first-order valence-corrected chi connectivity index (χ1v) is 11.0. The molecule has 1 amide bonds. The number of carbonyl (C=O) groups is 1. The van der Waals surface area contributed by atoms with Gasteiger partial charge in [-0.15, -0.1) is 0 Å². The van der Waals surface area contributed by atoms with Crippen LogP contribution in [-0.4, -0.2) is 41.9 Å². The van der Waals surface area contributed by atoms with E-state index in [-0.39, 0.29) is 24.1 Å². The zero-order chi connectivity index (χ0) is 21.1. The van der Waals surface area contributed by atoms with E-state index in [1.54, 1.807) is 36.5 Å². The highest BCUT2D eigenvalue weighted by Gasteiger charge is 2.35. The molecule has 3 aromatic rings. The molecule has 0 radical (unpaired) electrons. The molecule has 158 valence electrons. The van der Waals surface area contributed by atoms with Crippen LogP contribution in [0.1, 0.15) is 18.4 Å². The van der Waals surface area contributed by atoms with Gasteiger partial charge in [0.25, 0.3) is 10.0 Å². The lowest BCUT2D eigenvalue weighted by Crippen LogP contribution is -2.45. The van der Waals surface area contributed by atoms with Crippen LogP contribution in [0, 0.1) is 11.7 Å². The van der Waals surface area contributed by atoms with Gasteiger partial charge in [0.1, 0.15) is 11.5 Å². The van der Waals surface area contributed by atoms with Gasteiger partial charge in [0, 0.05) is 31.4 Å². The minimum atomic E-state index is -3.88. The molecule has 0 saturated carbocycles. The van der Waals surface area contributed by atoms with E-state index in [4.69, 9.17) is 4.42 Å². The summed E-state index contributed by atoms with van der Waals surface area (Å²) in [6.07, 6.45) is 2.65. The second-order valence-electron chi connectivity index (χ2n) is 7.10. The first-order chi connectivity index (χ1) is 14.4. The van der Waals surface area contributed by atoms with E-state index < -0.39 is 21.8 Å². The minimum Gasteiger partial charge on any atom is -0.442 e. The van der Waals surface area contributed by atoms with Crippen LogP contribution >= 0.6 is 0 Å². The van der Waals surface area contributed by atoms with Crippen LogP contribution < -0.4 is 5.32 Å². The molecule has 10 heteroatoms. The van der Waals surface area contributed by atoms with Crippen molar-refractivity contribution in [3.8, 4) is 11.5 Å². The van der Waals surface area contributed by atoms with Crippen molar-refractivity contribution >= 4 is 15.9 Å². The summed E-state index contributed by atoms with van der Waals surface area (Å²) in [5.41, 5.74) is 0.952. The maximum absolute atomic E-state index is 13.7. The molecule has 1 atom stereocenters. The van der Waals surface area contributed by atoms with Crippen molar-refractivity contribution in [2.45, 2.75) is 24.5 Å². The van der Waals surface area contributed by atoms with Gasteiger partial charge in [-0.05, 0) is 37.1 Å². The molecule has 0 unspecified atom stereocenters. The Bertz CT molecular complexity index is 1130. The SMILES string of the molecule is O=C(NCc1ccccc1F)[C@H]1CCCN(S(=O)(=O)c2ccc(-c3ccn[nH]3)o2)C1. The monoisotopic (exact) mass is 432 g/mol. The first kappa shape index (κ1) is 20.3. The molecule has 3 heterocycles. The smallest absolute Gasteiger partial charge is 0.276 e. The zero-order valence-electron chi connectivity index (χ0n) is 16.0. The standard InChI is InChI=1S/C20H21FN4O4S/c21-16-6-2-1-4-14(16)12-22-20(26)15-5-3-11-25(13-15)30(27,28)19-8-7-18(29-19)17-9-10-23-24-17/h1-2,4,6-10,15H,3,5,11-13H2,(H,22,26)(H,23,24)/t15-/m0/s1. The van der Waals surface area contributed by atoms with Crippen LogP contribution in [0.4, 0.5) is 4.39 Å². The number of aromatic nitrogens is 2. The van der Waals surface area contributed by atoms with Crippen molar-refractivity contribution in [2.75, 3.05) is 13.1 Å². The summed E-state index contributed by atoms with van der Waals surface area (Å²) >= 11 is 0. The molecule has 1 fully saturated rings. The van der Waals surface area contributed by atoms with Crippen LogP contribution in [0.2, 0.25) is 0 Å². The summed E-state index contributed by atoms with van der Waals surface area (Å²) in [5, 5.41) is 9.07. The summed E-state index contributed by atoms with van der Waals surface area (Å²) in [5.74, 6) is -0.836. The van der Waals surface area contributed by atoms with Gasteiger partial charge in [-0.1, -0.05) is 18.2 Å². The van der Waals surface area contributed by atoms with E-state index >= 15 is 0 Å². The number of rotatable bonds is 6. The van der Waals surface area contributed by atoms with Gasteiger partial charge in [-0.25, -0.2) is 12.8 Å². The Hall–Kier alpha value is -2.98. The number of aromatic amines is 1. The van der Waals surface area contributed by atoms with Gasteiger partial charge in [-0.2, -0.15) is 9.40 Å². The second kappa shape index (κ2) is 8.41. The third-order valence-corrected chi connectivity index (χ3v) is 6.85. The maximum Gasteiger partial charge on any atom is 0.276 e. The van der Waals surface area contributed by atoms with Crippen molar-refractivity contribution in [1.29, 1.82) is 0 Å². The number of benzene rings is 1. The van der Waals surface area contributed by atoms with Crippen LogP contribution in [0.5, 0.6) is 0 Å². The van der Waals surface area contributed by atoms with E-state index in [0.29, 0.717) is 36.4 Å². The molecule has 0 bridgehead atoms. The molecule has 1 aliphatic rings. The van der Waals surface area contributed by atoms with Crippen LogP contribution in [-0.2, 0) is 21.4 Å². The van der Waals surface area contributed by atoms with Gasteiger partial charge in [0.05, 0.1) is 5.92 Å². The minimum absolute atomic E-state index is 0.0472.